The van der Waals surface area contributed by atoms with Gasteiger partial charge in [0.1, 0.15) is 17.0 Å². The molecule has 3 heterocycles. The van der Waals surface area contributed by atoms with Crippen LogP contribution >= 0.6 is 11.3 Å². The van der Waals surface area contributed by atoms with E-state index in [1.54, 1.807) is 4.68 Å². The quantitative estimate of drug-likeness (QED) is 0.489. The number of rotatable bonds is 9. The lowest BCUT2D eigenvalue weighted by Gasteiger charge is -2.27. The van der Waals surface area contributed by atoms with Gasteiger partial charge in [-0.2, -0.15) is 5.10 Å². The van der Waals surface area contributed by atoms with Gasteiger partial charge in [0.25, 0.3) is 5.91 Å². The summed E-state index contributed by atoms with van der Waals surface area (Å²) in [5.74, 6) is 0.689. The molecule has 3 aromatic rings. The number of benzene rings is 1. The van der Waals surface area contributed by atoms with Crippen LogP contribution in [0.1, 0.15) is 36.5 Å². The van der Waals surface area contributed by atoms with E-state index in [0.717, 1.165) is 60.9 Å². The Kier molecular flexibility index (Phi) is 7.39. The van der Waals surface area contributed by atoms with Crippen LogP contribution in [0.5, 0.6) is 5.75 Å². The van der Waals surface area contributed by atoms with Crippen molar-refractivity contribution in [1.82, 2.24) is 19.7 Å². The normalized spacial score (nSPS) is 14.7. The number of para-hydroxylation sites is 1. The van der Waals surface area contributed by atoms with Crippen molar-refractivity contribution in [3.63, 3.8) is 0 Å². The van der Waals surface area contributed by atoms with E-state index in [4.69, 9.17) is 14.5 Å². The summed E-state index contributed by atoms with van der Waals surface area (Å²) in [7, 11) is 0. The van der Waals surface area contributed by atoms with Crippen LogP contribution in [-0.4, -0.2) is 71.6 Å². The Labute approximate surface area is 192 Å². The SMILES string of the molecule is CCOc1cccc2sc(N(CCCN3CCOCC3)C(=O)c3cc(C)nn3CC)nc12. The Hall–Kier alpha value is -2.49. The zero-order valence-electron chi connectivity index (χ0n) is 19.0. The molecule has 1 saturated heterocycles. The lowest BCUT2D eigenvalue weighted by molar-refractivity contribution is 0.0376. The first-order valence-corrected chi connectivity index (χ1v) is 12.1. The molecule has 0 spiro atoms. The Morgan fingerprint density at radius 1 is 1.28 bits per heavy atom. The third-order valence-electron chi connectivity index (χ3n) is 5.53. The zero-order valence-corrected chi connectivity index (χ0v) is 19.9. The van der Waals surface area contributed by atoms with E-state index in [1.165, 1.54) is 11.3 Å². The van der Waals surface area contributed by atoms with E-state index >= 15 is 0 Å². The molecule has 0 aliphatic carbocycles. The lowest BCUT2D eigenvalue weighted by atomic mass is 10.3. The summed E-state index contributed by atoms with van der Waals surface area (Å²) >= 11 is 1.53. The second-order valence-electron chi connectivity index (χ2n) is 7.78. The molecule has 1 aromatic carbocycles. The summed E-state index contributed by atoms with van der Waals surface area (Å²) in [6.07, 6.45) is 0.860. The van der Waals surface area contributed by atoms with Crippen molar-refractivity contribution in [3.8, 4) is 5.75 Å². The Balaban J connectivity index is 1.62. The maximum absolute atomic E-state index is 13.7. The van der Waals surface area contributed by atoms with Crippen LogP contribution in [0.4, 0.5) is 5.13 Å². The van der Waals surface area contributed by atoms with Crippen LogP contribution < -0.4 is 9.64 Å². The van der Waals surface area contributed by atoms with E-state index in [9.17, 15) is 4.79 Å². The Morgan fingerprint density at radius 3 is 2.84 bits per heavy atom. The van der Waals surface area contributed by atoms with Crippen molar-refractivity contribution in [1.29, 1.82) is 0 Å². The molecule has 1 aliphatic rings. The molecule has 8 nitrogen and oxygen atoms in total. The summed E-state index contributed by atoms with van der Waals surface area (Å²) in [5, 5.41) is 5.17. The zero-order chi connectivity index (χ0) is 22.5. The predicted molar refractivity (Wildman–Crippen MR) is 127 cm³/mol. The summed E-state index contributed by atoms with van der Waals surface area (Å²) in [5.41, 5.74) is 2.24. The number of aromatic nitrogens is 3. The van der Waals surface area contributed by atoms with Crippen molar-refractivity contribution in [2.24, 2.45) is 0 Å². The first kappa shape index (κ1) is 22.7. The molecule has 0 atom stereocenters. The standard InChI is InChI=1S/C23H31N5O3S/c1-4-28-18(16-17(3)25-28)22(29)27(11-7-10-26-12-14-30-15-13-26)23-24-21-19(31-5-2)8-6-9-20(21)32-23/h6,8-9,16H,4-5,7,10-15H2,1-3H3. The summed E-state index contributed by atoms with van der Waals surface area (Å²) in [6.45, 7) is 12.0. The Bertz CT molecular complexity index is 1060. The Morgan fingerprint density at radius 2 is 2.09 bits per heavy atom. The smallest absolute Gasteiger partial charge is 0.278 e. The first-order valence-electron chi connectivity index (χ1n) is 11.3. The average molecular weight is 458 g/mol. The van der Waals surface area contributed by atoms with Gasteiger partial charge in [-0.1, -0.05) is 17.4 Å². The number of nitrogens with zero attached hydrogens (tertiary/aromatic N) is 5. The molecule has 1 aliphatic heterocycles. The number of carbonyl (C=O) groups excluding carboxylic acids is 1. The molecule has 1 fully saturated rings. The lowest BCUT2D eigenvalue weighted by Crippen LogP contribution is -2.39. The van der Waals surface area contributed by atoms with Gasteiger partial charge in [0.15, 0.2) is 5.13 Å². The average Bonchev–Trinajstić information content (AvgIpc) is 3.41. The largest absolute Gasteiger partial charge is 0.492 e. The van der Waals surface area contributed by atoms with Crippen LogP contribution in [0.2, 0.25) is 0 Å². The molecular weight excluding hydrogens is 426 g/mol. The highest BCUT2D eigenvalue weighted by Gasteiger charge is 2.25. The number of aryl methyl sites for hydroxylation is 2. The number of ether oxygens (including phenoxy) is 2. The number of thiazole rings is 1. The number of amides is 1. The van der Waals surface area contributed by atoms with Gasteiger partial charge in [0, 0.05) is 32.7 Å². The van der Waals surface area contributed by atoms with Gasteiger partial charge >= 0.3 is 0 Å². The fourth-order valence-electron chi connectivity index (χ4n) is 3.96. The summed E-state index contributed by atoms with van der Waals surface area (Å²) in [4.78, 5) is 22.7. The van der Waals surface area contributed by atoms with Gasteiger partial charge < -0.3 is 9.47 Å². The second kappa shape index (κ2) is 10.4. The maximum Gasteiger partial charge on any atom is 0.278 e. The number of hydrogen-bond donors (Lipinski definition) is 0. The van der Waals surface area contributed by atoms with Crippen molar-refractivity contribution in [2.45, 2.75) is 33.7 Å². The molecule has 0 bridgehead atoms. The fourth-order valence-corrected chi connectivity index (χ4v) is 4.96. The van der Waals surface area contributed by atoms with Gasteiger partial charge in [-0.3, -0.25) is 19.3 Å². The van der Waals surface area contributed by atoms with Crippen LogP contribution in [0.15, 0.2) is 24.3 Å². The van der Waals surface area contributed by atoms with Crippen LogP contribution in [-0.2, 0) is 11.3 Å². The molecule has 4 rings (SSSR count). The highest BCUT2D eigenvalue weighted by Crippen LogP contribution is 2.35. The number of hydrogen-bond acceptors (Lipinski definition) is 7. The van der Waals surface area contributed by atoms with Gasteiger partial charge in [-0.15, -0.1) is 0 Å². The maximum atomic E-state index is 13.7. The molecule has 0 radical (unpaired) electrons. The molecule has 32 heavy (non-hydrogen) atoms. The number of carbonyl (C=O) groups is 1. The van der Waals surface area contributed by atoms with E-state index in [-0.39, 0.29) is 5.91 Å². The molecule has 0 saturated carbocycles. The van der Waals surface area contributed by atoms with Crippen molar-refractivity contribution in [2.75, 3.05) is 50.9 Å². The summed E-state index contributed by atoms with van der Waals surface area (Å²) < 4.78 is 14.0. The highest BCUT2D eigenvalue weighted by atomic mass is 32.1. The third kappa shape index (κ3) is 4.95. The molecule has 0 unspecified atom stereocenters. The number of fused-ring (bicyclic) bond motifs is 1. The van der Waals surface area contributed by atoms with Gasteiger partial charge in [0.05, 0.1) is 30.2 Å². The third-order valence-corrected chi connectivity index (χ3v) is 6.57. The number of anilines is 1. The van der Waals surface area contributed by atoms with E-state index in [0.29, 0.717) is 30.5 Å². The van der Waals surface area contributed by atoms with Gasteiger partial charge in [0.2, 0.25) is 0 Å². The van der Waals surface area contributed by atoms with Crippen molar-refractivity contribution < 1.29 is 14.3 Å². The van der Waals surface area contributed by atoms with Crippen LogP contribution in [0, 0.1) is 6.92 Å². The molecule has 1 amide bonds. The minimum atomic E-state index is -0.0635. The van der Waals surface area contributed by atoms with Crippen LogP contribution in [0.3, 0.4) is 0 Å². The first-order chi connectivity index (χ1) is 15.6. The van der Waals surface area contributed by atoms with E-state index < -0.39 is 0 Å². The minimum Gasteiger partial charge on any atom is -0.492 e. The molecule has 0 N–H and O–H groups in total. The fraction of sp³-hybridized carbons (Fsp3) is 0.522. The monoisotopic (exact) mass is 457 g/mol. The molecule has 9 heteroatoms. The topological polar surface area (TPSA) is 72.7 Å². The minimum absolute atomic E-state index is 0.0635. The van der Waals surface area contributed by atoms with Gasteiger partial charge in [-0.25, -0.2) is 4.98 Å². The van der Waals surface area contributed by atoms with E-state index in [2.05, 4.69) is 10.00 Å². The molecule has 172 valence electrons. The van der Waals surface area contributed by atoms with Crippen LogP contribution in [0.25, 0.3) is 10.2 Å². The van der Waals surface area contributed by atoms with Crippen molar-refractivity contribution >= 4 is 32.6 Å². The predicted octanol–water partition coefficient (Wildman–Crippen LogP) is 3.59. The summed E-state index contributed by atoms with van der Waals surface area (Å²) in [6, 6.07) is 7.78. The highest BCUT2D eigenvalue weighted by molar-refractivity contribution is 7.22. The second-order valence-corrected chi connectivity index (χ2v) is 8.79. The number of morpholine rings is 1. The molecule has 2 aromatic heterocycles. The van der Waals surface area contributed by atoms with Crippen molar-refractivity contribution in [3.05, 3.63) is 35.7 Å². The van der Waals surface area contributed by atoms with E-state index in [1.807, 2.05) is 49.9 Å². The van der Waals surface area contributed by atoms with Gasteiger partial charge in [-0.05, 0) is 45.4 Å². The molecular formula is C23H31N5O3S.